The first-order valence-corrected chi connectivity index (χ1v) is 7.99. The summed E-state index contributed by atoms with van der Waals surface area (Å²) in [5.41, 5.74) is 8.47. The van der Waals surface area contributed by atoms with Crippen LogP contribution in [0, 0.1) is 0 Å². The molecule has 1 aliphatic carbocycles. The average Bonchev–Trinajstić information content (AvgIpc) is 2.71. The maximum atomic E-state index is 11.5. The number of aryl methyl sites for hydroxylation is 1. The smallest absolute Gasteiger partial charge is 0.151 e. The zero-order valence-electron chi connectivity index (χ0n) is 10.2. The fraction of sp³-hybridized carbons (Fsp3) is 0.667. The molecular formula is C12H20N2O2S. The molecular weight excluding hydrogens is 236 g/mol. The summed E-state index contributed by atoms with van der Waals surface area (Å²) in [6.07, 6.45) is 5.12. The average molecular weight is 256 g/mol. The van der Waals surface area contributed by atoms with Crippen LogP contribution in [0.5, 0.6) is 0 Å². The van der Waals surface area contributed by atoms with Crippen LogP contribution in [-0.4, -0.2) is 24.5 Å². The van der Waals surface area contributed by atoms with E-state index in [1.54, 1.807) is 6.92 Å². The van der Waals surface area contributed by atoms with Crippen molar-refractivity contribution < 1.29 is 8.42 Å². The fourth-order valence-corrected chi connectivity index (χ4v) is 3.15. The third kappa shape index (κ3) is 2.72. The van der Waals surface area contributed by atoms with Gasteiger partial charge in [-0.3, -0.25) is 0 Å². The second-order valence-electron chi connectivity index (χ2n) is 4.65. The van der Waals surface area contributed by atoms with Gasteiger partial charge in [0.2, 0.25) is 0 Å². The normalized spacial score (nSPS) is 20.2. The van der Waals surface area contributed by atoms with E-state index in [0.29, 0.717) is 6.54 Å². The van der Waals surface area contributed by atoms with Gasteiger partial charge in [-0.05, 0) is 30.9 Å². The molecule has 0 fully saturated rings. The zero-order valence-corrected chi connectivity index (χ0v) is 11.0. The molecule has 0 aliphatic heterocycles. The standard InChI is InChI=1S/C12H20N2O2S/c1-2-17(15,16)9-8-14-7-6-10-11(13)4-3-5-12(10)14/h6-7,11H,2-5,8-9,13H2,1H3. The molecule has 0 saturated heterocycles. The summed E-state index contributed by atoms with van der Waals surface area (Å²) in [7, 11) is -2.89. The van der Waals surface area contributed by atoms with E-state index < -0.39 is 9.84 Å². The molecule has 1 unspecified atom stereocenters. The van der Waals surface area contributed by atoms with E-state index in [-0.39, 0.29) is 17.5 Å². The number of aromatic nitrogens is 1. The molecule has 4 nitrogen and oxygen atoms in total. The summed E-state index contributed by atoms with van der Waals surface area (Å²) in [5.74, 6) is 0.440. The Kier molecular flexibility index (Phi) is 3.58. The quantitative estimate of drug-likeness (QED) is 0.882. The third-order valence-corrected chi connectivity index (χ3v) is 5.21. The van der Waals surface area contributed by atoms with Crippen molar-refractivity contribution in [1.82, 2.24) is 4.57 Å². The van der Waals surface area contributed by atoms with Gasteiger partial charge >= 0.3 is 0 Å². The second-order valence-corrected chi connectivity index (χ2v) is 7.12. The SMILES string of the molecule is CCS(=O)(=O)CCn1ccc2c1CCCC2N. The van der Waals surface area contributed by atoms with Gasteiger partial charge in [0, 0.05) is 30.2 Å². The van der Waals surface area contributed by atoms with Crippen LogP contribution >= 0.6 is 0 Å². The zero-order chi connectivity index (χ0) is 12.5. The van der Waals surface area contributed by atoms with Gasteiger partial charge in [-0.25, -0.2) is 8.42 Å². The van der Waals surface area contributed by atoms with Crippen molar-refractivity contribution in [1.29, 1.82) is 0 Å². The molecule has 0 aromatic carbocycles. The summed E-state index contributed by atoms with van der Waals surface area (Å²) in [6.45, 7) is 2.24. The number of nitrogens with two attached hydrogens (primary N) is 1. The van der Waals surface area contributed by atoms with Gasteiger partial charge in [0.25, 0.3) is 0 Å². The lowest BCUT2D eigenvalue weighted by Gasteiger charge is -2.20. The van der Waals surface area contributed by atoms with Crippen molar-refractivity contribution in [2.24, 2.45) is 5.73 Å². The highest BCUT2D eigenvalue weighted by atomic mass is 32.2. The first-order chi connectivity index (χ1) is 8.03. The Bertz CT molecular complexity index is 491. The Labute approximate surface area is 103 Å². The molecule has 1 aliphatic rings. The van der Waals surface area contributed by atoms with E-state index in [1.165, 1.54) is 11.3 Å². The molecule has 0 saturated carbocycles. The first kappa shape index (κ1) is 12.6. The van der Waals surface area contributed by atoms with Crippen LogP contribution in [0.15, 0.2) is 12.3 Å². The minimum atomic E-state index is -2.89. The minimum Gasteiger partial charge on any atom is -0.350 e. The van der Waals surface area contributed by atoms with Crippen molar-refractivity contribution in [2.75, 3.05) is 11.5 Å². The van der Waals surface area contributed by atoms with Gasteiger partial charge in [-0.1, -0.05) is 6.92 Å². The number of fused-ring (bicyclic) bond motifs is 1. The predicted molar refractivity (Wildman–Crippen MR) is 68.6 cm³/mol. The van der Waals surface area contributed by atoms with Crippen LogP contribution in [0.25, 0.3) is 0 Å². The molecule has 0 amide bonds. The van der Waals surface area contributed by atoms with Crippen LogP contribution in [0.1, 0.15) is 37.1 Å². The Morgan fingerprint density at radius 2 is 2.29 bits per heavy atom. The minimum absolute atomic E-state index is 0.128. The van der Waals surface area contributed by atoms with Crippen molar-refractivity contribution >= 4 is 9.84 Å². The number of sulfone groups is 1. The van der Waals surface area contributed by atoms with Gasteiger partial charge in [-0.15, -0.1) is 0 Å². The lowest BCUT2D eigenvalue weighted by molar-refractivity contribution is 0.542. The van der Waals surface area contributed by atoms with E-state index in [4.69, 9.17) is 5.73 Å². The van der Waals surface area contributed by atoms with Crippen LogP contribution in [0.2, 0.25) is 0 Å². The monoisotopic (exact) mass is 256 g/mol. The van der Waals surface area contributed by atoms with Crippen LogP contribution in [-0.2, 0) is 22.8 Å². The Balaban J connectivity index is 2.13. The van der Waals surface area contributed by atoms with E-state index in [1.807, 2.05) is 12.3 Å². The molecule has 96 valence electrons. The molecule has 1 aromatic heterocycles. The molecule has 1 heterocycles. The van der Waals surface area contributed by atoms with E-state index in [2.05, 4.69) is 4.57 Å². The molecule has 0 spiro atoms. The molecule has 17 heavy (non-hydrogen) atoms. The Morgan fingerprint density at radius 1 is 1.53 bits per heavy atom. The van der Waals surface area contributed by atoms with Crippen LogP contribution in [0.4, 0.5) is 0 Å². The van der Waals surface area contributed by atoms with E-state index in [0.717, 1.165) is 19.3 Å². The highest BCUT2D eigenvalue weighted by molar-refractivity contribution is 7.91. The van der Waals surface area contributed by atoms with Crippen molar-refractivity contribution in [2.45, 2.75) is 38.8 Å². The molecule has 2 rings (SSSR count). The van der Waals surface area contributed by atoms with Gasteiger partial charge in [0.1, 0.15) is 0 Å². The van der Waals surface area contributed by atoms with Gasteiger partial charge in [0.05, 0.1) is 5.75 Å². The molecule has 1 atom stereocenters. The number of rotatable bonds is 4. The van der Waals surface area contributed by atoms with Gasteiger partial charge in [0.15, 0.2) is 9.84 Å². The second kappa shape index (κ2) is 4.82. The van der Waals surface area contributed by atoms with Crippen molar-refractivity contribution in [3.63, 3.8) is 0 Å². The largest absolute Gasteiger partial charge is 0.350 e. The lowest BCUT2D eigenvalue weighted by atomic mass is 9.94. The fourth-order valence-electron chi connectivity index (χ4n) is 2.38. The number of hydrogen-bond donors (Lipinski definition) is 1. The summed E-state index contributed by atoms with van der Waals surface area (Å²) in [5, 5.41) is 0. The van der Waals surface area contributed by atoms with Crippen LogP contribution in [0.3, 0.4) is 0 Å². The number of nitrogens with zero attached hydrogens (tertiary/aromatic N) is 1. The number of hydrogen-bond acceptors (Lipinski definition) is 3. The molecule has 5 heteroatoms. The predicted octanol–water partition coefficient (Wildman–Crippen LogP) is 1.26. The summed E-state index contributed by atoms with van der Waals surface area (Å²) >= 11 is 0. The van der Waals surface area contributed by atoms with Crippen molar-refractivity contribution in [3.8, 4) is 0 Å². The van der Waals surface area contributed by atoms with Gasteiger partial charge < -0.3 is 10.3 Å². The lowest BCUT2D eigenvalue weighted by Crippen LogP contribution is -2.20. The highest BCUT2D eigenvalue weighted by Gasteiger charge is 2.20. The van der Waals surface area contributed by atoms with E-state index in [9.17, 15) is 8.42 Å². The maximum absolute atomic E-state index is 11.5. The van der Waals surface area contributed by atoms with E-state index >= 15 is 0 Å². The highest BCUT2D eigenvalue weighted by Crippen LogP contribution is 2.28. The summed E-state index contributed by atoms with van der Waals surface area (Å²) < 4.78 is 25.0. The van der Waals surface area contributed by atoms with Crippen LogP contribution < -0.4 is 5.73 Å². The molecule has 2 N–H and O–H groups in total. The Morgan fingerprint density at radius 3 is 3.00 bits per heavy atom. The van der Waals surface area contributed by atoms with Crippen molar-refractivity contribution in [3.05, 3.63) is 23.5 Å². The summed E-state index contributed by atoms with van der Waals surface area (Å²) in [4.78, 5) is 0. The maximum Gasteiger partial charge on any atom is 0.151 e. The molecule has 1 aromatic rings. The van der Waals surface area contributed by atoms with Gasteiger partial charge in [-0.2, -0.15) is 0 Å². The molecule has 0 radical (unpaired) electrons. The summed E-state index contributed by atoms with van der Waals surface area (Å²) in [6, 6.07) is 2.17. The third-order valence-electron chi connectivity index (χ3n) is 3.53. The first-order valence-electron chi connectivity index (χ1n) is 6.17. The topological polar surface area (TPSA) is 65.1 Å². The molecule has 0 bridgehead atoms. The Hall–Kier alpha value is -0.810.